The van der Waals surface area contributed by atoms with Gasteiger partial charge in [0, 0.05) is 23.4 Å². The Bertz CT molecular complexity index is 1690. The summed E-state index contributed by atoms with van der Waals surface area (Å²) in [5, 5.41) is 22.0. The molecule has 2 aromatic carbocycles. The summed E-state index contributed by atoms with van der Waals surface area (Å²) >= 11 is 2.38. The van der Waals surface area contributed by atoms with Gasteiger partial charge in [-0.25, -0.2) is 4.39 Å². The van der Waals surface area contributed by atoms with Crippen molar-refractivity contribution in [1.82, 2.24) is 10.2 Å². The number of carbonyl (C=O) groups excluding carboxylic acids is 2. The summed E-state index contributed by atoms with van der Waals surface area (Å²) in [6.07, 6.45) is 0.821. The molecule has 1 aromatic heterocycles. The molecule has 3 N–H and O–H groups in total. The third-order valence-corrected chi connectivity index (χ3v) is 9.21. The number of halogens is 1. The number of Topliss-reactive ketones (excluding diaryl/α,β-unsaturated/α-hetero) is 1. The van der Waals surface area contributed by atoms with Crippen LogP contribution in [0.25, 0.3) is 0 Å². The molecule has 0 bridgehead atoms. The molecule has 3 aromatic rings. The maximum absolute atomic E-state index is 13.8. The van der Waals surface area contributed by atoms with Crippen LogP contribution in [0.1, 0.15) is 38.2 Å². The van der Waals surface area contributed by atoms with Gasteiger partial charge in [0.25, 0.3) is 0 Å². The minimum atomic E-state index is -0.698. The van der Waals surface area contributed by atoms with Crippen molar-refractivity contribution in [2.45, 2.75) is 36.9 Å². The molecule has 0 saturated carbocycles. The van der Waals surface area contributed by atoms with Gasteiger partial charge in [0.15, 0.2) is 21.6 Å². The normalized spacial score (nSPS) is 17.8. The number of methoxy groups -OCH3 is 2. The summed E-state index contributed by atoms with van der Waals surface area (Å²) in [6, 6.07) is 13.0. The fourth-order valence-corrected chi connectivity index (χ4v) is 6.98. The predicted octanol–water partition coefficient (Wildman–Crippen LogP) is 5.37. The van der Waals surface area contributed by atoms with E-state index in [9.17, 15) is 19.2 Å². The lowest BCUT2D eigenvalue weighted by Gasteiger charge is -2.42. The summed E-state index contributed by atoms with van der Waals surface area (Å²) in [4.78, 5) is 27.9. The molecule has 1 aliphatic heterocycles. The van der Waals surface area contributed by atoms with E-state index in [1.54, 1.807) is 23.1 Å². The Morgan fingerprint density at radius 2 is 1.91 bits per heavy atom. The summed E-state index contributed by atoms with van der Waals surface area (Å²) in [7, 11) is 3.06. The molecule has 0 fully saturated rings. The molecule has 1 atom stereocenters. The van der Waals surface area contributed by atoms with Crippen LogP contribution < -0.4 is 25.4 Å². The molecule has 10 nitrogen and oxygen atoms in total. The number of thioether (sulfide) groups is 1. The average molecular weight is 621 g/mol. The maximum atomic E-state index is 13.8. The molecule has 43 heavy (non-hydrogen) atoms. The summed E-state index contributed by atoms with van der Waals surface area (Å²) in [5.41, 5.74) is 8.87. The quantitative estimate of drug-likeness (QED) is 0.316. The first-order valence-corrected chi connectivity index (χ1v) is 15.0. The molecule has 2 heterocycles. The summed E-state index contributed by atoms with van der Waals surface area (Å²) in [5.74, 6) is -0.261. The minimum Gasteiger partial charge on any atom is -0.493 e. The van der Waals surface area contributed by atoms with Gasteiger partial charge in [-0.1, -0.05) is 43.0 Å². The first-order chi connectivity index (χ1) is 20.5. The maximum Gasteiger partial charge on any atom is 0.234 e. The average Bonchev–Trinajstić information content (AvgIpc) is 3.44. The number of carbonyl (C=O) groups is 2. The number of ether oxygens (including phenoxy) is 2. The number of nitrogens with one attached hydrogen (secondary N) is 1. The number of nitrogens with two attached hydrogens (primary N) is 1. The lowest BCUT2D eigenvalue weighted by atomic mass is 9.68. The van der Waals surface area contributed by atoms with E-state index in [0.717, 1.165) is 0 Å². The van der Waals surface area contributed by atoms with Crippen LogP contribution in [0, 0.1) is 22.6 Å². The molecule has 222 valence electrons. The second-order valence-electron chi connectivity index (χ2n) is 10.8. The van der Waals surface area contributed by atoms with E-state index in [1.165, 1.54) is 61.6 Å². The highest BCUT2D eigenvalue weighted by atomic mass is 32.2. The van der Waals surface area contributed by atoms with Gasteiger partial charge in [-0.2, -0.15) is 5.26 Å². The number of rotatable bonds is 8. The van der Waals surface area contributed by atoms with Crippen LogP contribution in [0.2, 0.25) is 0 Å². The highest BCUT2D eigenvalue weighted by Crippen LogP contribution is 2.51. The second-order valence-corrected chi connectivity index (χ2v) is 13.0. The number of hydrogen-bond acceptors (Lipinski definition) is 11. The topological polar surface area (TPSA) is 143 Å². The Morgan fingerprint density at radius 3 is 2.58 bits per heavy atom. The lowest BCUT2D eigenvalue weighted by molar-refractivity contribution is -0.118. The number of hydrogen-bond donors (Lipinski definition) is 2. The van der Waals surface area contributed by atoms with Crippen LogP contribution in [0.15, 0.2) is 69.5 Å². The molecule has 1 aliphatic carbocycles. The molecule has 0 saturated heterocycles. The van der Waals surface area contributed by atoms with Gasteiger partial charge in [-0.15, -0.1) is 10.2 Å². The van der Waals surface area contributed by atoms with Gasteiger partial charge >= 0.3 is 0 Å². The number of allylic oxidation sites excluding steroid dienone is 3. The Hall–Kier alpha value is -4.41. The molecule has 1 amide bonds. The van der Waals surface area contributed by atoms with Gasteiger partial charge in [-0.05, 0) is 53.8 Å². The van der Waals surface area contributed by atoms with Crippen molar-refractivity contribution in [3.63, 3.8) is 0 Å². The predicted molar refractivity (Wildman–Crippen MR) is 162 cm³/mol. The molecule has 1 unspecified atom stereocenters. The van der Waals surface area contributed by atoms with Crippen LogP contribution in [0.4, 0.5) is 15.2 Å². The van der Waals surface area contributed by atoms with Crippen molar-refractivity contribution in [3.8, 4) is 17.6 Å². The van der Waals surface area contributed by atoms with Crippen LogP contribution >= 0.6 is 23.1 Å². The van der Waals surface area contributed by atoms with Gasteiger partial charge < -0.3 is 20.5 Å². The number of benzene rings is 2. The number of anilines is 2. The smallest absolute Gasteiger partial charge is 0.234 e. The van der Waals surface area contributed by atoms with E-state index in [1.807, 2.05) is 13.8 Å². The van der Waals surface area contributed by atoms with E-state index in [-0.39, 0.29) is 34.3 Å². The minimum absolute atomic E-state index is 0.0433. The fraction of sp³-hybridized carbons (Fsp3) is 0.300. The first-order valence-electron chi connectivity index (χ1n) is 13.2. The Morgan fingerprint density at radius 1 is 1.19 bits per heavy atom. The zero-order valence-corrected chi connectivity index (χ0v) is 25.6. The van der Waals surface area contributed by atoms with Gasteiger partial charge in [-0.3, -0.25) is 14.5 Å². The van der Waals surface area contributed by atoms with Crippen LogP contribution in [0.3, 0.4) is 0 Å². The van der Waals surface area contributed by atoms with Crippen molar-refractivity contribution < 1.29 is 23.5 Å². The van der Waals surface area contributed by atoms with Gasteiger partial charge in [0.2, 0.25) is 11.0 Å². The lowest BCUT2D eigenvalue weighted by Crippen LogP contribution is -2.42. The highest BCUT2D eigenvalue weighted by Gasteiger charge is 2.45. The van der Waals surface area contributed by atoms with E-state index >= 15 is 0 Å². The van der Waals surface area contributed by atoms with E-state index in [2.05, 4.69) is 21.6 Å². The highest BCUT2D eigenvalue weighted by molar-refractivity contribution is 8.01. The van der Waals surface area contributed by atoms with Crippen molar-refractivity contribution in [3.05, 3.63) is 76.5 Å². The van der Waals surface area contributed by atoms with Crippen molar-refractivity contribution in [2.24, 2.45) is 11.1 Å². The van der Waals surface area contributed by atoms with Gasteiger partial charge in [0.1, 0.15) is 11.6 Å². The number of nitrogens with zero attached hydrogens (tertiary/aromatic N) is 4. The third-order valence-electron chi connectivity index (χ3n) is 7.16. The van der Waals surface area contributed by atoms with Crippen molar-refractivity contribution in [2.75, 3.05) is 30.2 Å². The second kappa shape index (κ2) is 12.1. The Labute approximate surface area is 256 Å². The van der Waals surface area contributed by atoms with E-state index < -0.39 is 11.7 Å². The monoisotopic (exact) mass is 620 g/mol. The number of aromatic nitrogens is 2. The van der Waals surface area contributed by atoms with Gasteiger partial charge in [0.05, 0.1) is 37.5 Å². The van der Waals surface area contributed by atoms with E-state index in [4.69, 9.17) is 15.2 Å². The Kier molecular flexibility index (Phi) is 8.43. The SMILES string of the molecule is COc1ccc(C2C(C#N)=C(N)N(c3nnc(SCC(=O)Nc4ccc(F)cc4)s3)C3=C2C(=O)CC(C)(C)C3)cc1OC. The fourth-order valence-electron chi connectivity index (χ4n) is 5.30. The van der Waals surface area contributed by atoms with Crippen LogP contribution in [0.5, 0.6) is 11.5 Å². The number of nitriles is 1. The summed E-state index contributed by atoms with van der Waals surface area (Å²) in [6.45, 7) is 4.03. The van der Waals surface area contributed by atoms with Crippen molar-refractivity contribution in [1.29, 1.82) is 5.26 Å². The third kappa shape index (κ3) is 6.07. The number of ketones is 1. The van der Waals surface area contributed by atoms with Crippen molar-refractivity contribution >= 4 is 45.6 Å². The molecule has 0 spiro atoms. The van der Waals surface area contributed by atoms with E-state index in [0.29, 0.717) is 56.3 Å². The molecular weight excluding hydrogens is 592 g/mol. The largest absolute Gasteiger partial charge is 0.493 e. The number of amides is 1. The first kappa shape index (κ1) is 30.1. The zero-order chi connectivity index (χ0) is 30.9. The molecule has 0 radical (unpaired) electrons. The molecular formula is C30H29FN6O4S2. The Balaban J connectivity index is 1.49. The van der Waals surface area contributed by atoms with Crippen LogP contribution in [-0.4, -0.2) is 41.9 Å². The standard InChI is InChI=1S/C30H29FN6O4S2/c1-30(2)12-20-26(21(38)13-30)25(16-5-10-22(40-3)23(11-16)41-4)19(14-32)27(33)37(20)28-35-36-29(43-28)42-15-24(39)34-18-8-6-17(31)7-9-18/h5-11,25H,12-13,15,33H2,1-4H3,(H,34,39). The molecule has 5 rings (SSSR count). The molecule has 13 heteroatoms. The van der Waals surface area contributed by atoms with Crippen LogP contribution in [-0.2, 0) is 9.59 Å². The summed E-state index contributed by atoms with van der Waals surface area (Å²) < 4.78 is 24.5. The molecule has 2 aliphatic rings. The zero-order valence-electron chi connectivity index (χ0n) is 23.9.